The van der Waals surface area contributed by atoms with E-state index in [1.807, 2.05) is 4.98 Å². The molecule has 0 fully saturated rings. The molecule has 1 rings (SSSR count). The molecule has 0 saturated carbocycles. The quantitative estimate of drug-likeness (QED) is 0.791. The lowest BCUT2D eigenvalue weighted by atomic mass is 10.1. The Morgan fingerprint density at radius 3 is 2.62 bits per heavy atom. The topological polar surface area (TPSA) is 54.9 Å². The van der Waals surface area contributed by atoms with Crippen LogP contribution >= 0.6 is 0 Å². The predicted octanol–water partition coefficient (Wildman–Crippen LogP) is 1.22. The summed E-state index contributed by atoms with van der Waals surface area (Å²) in [5, 5.41) is 0. The van der Waals surface area contributed by atoms with Gasteiger partial charge in [-0.25, -0.2) is 4.79 Å². The van der Waals surface area contributed by atoms with Gasteiger partial charge in [-0.1, -0.05) is 6.08 Å². The van der Waals surface area contributed by atoms with Crippen molar-refractivity contribution in [3.63, 3.8) is 0 Å². The molecule has 1 heterocycles. The van der Waals surface area contributed by atoms with Gasteiger partial charge in [0.05, 0.1) is 5.69 Å². The number of hydrogen-bond donors (Lipinski definition) is 1. The lowest BCUT2D eigenvalue weighted by Gasteiger charge is -2.14. The number of rotatable bonds is 4. The summed E-state index contributed by atoms with van der Waals surface area (Å²) in [6.07, 6.45) is 0.405. The van der Waals surface area contributed by atoms with Crippen molar-refractivity contribution in [2.45, 2.75) is 25.8 Å². The van der Waals surface area contributed by atoms with E-state index in [-0.39, 0.29) is 6.54 Å². The van der Waals surface area contributed by atoms with E-state index in [1.165, 1.54) is 0 Å². The molecule has 0 saturated heterocycles. The highest BCUT2D eigenvalue weighted by Crippen LogP contribution is 2.28. The normalized spacial score (nSPS) is 11.4. The van der Waals surface area contributed by atoms with Crippen LogP contribution in [0.3, 0.4) is 0 Å². The number of halogens is 2. The fourth-order valence-electron chi connectivity index (χ4n) is 1.31. The monoisotopic (exact) mass is 230 g/mol. The molecule has 0 radical (unpaired) electrons. The van der Waals surface area contributed by atoms with Crippen molar-refractivity contribution in [1.29, 1.82) is 0 Å². The van der Waals surface area contributed by atoms with Gasteiger partial charge in [-0.05, 0) is 6.92 Å². The number of aromatic nitrogens is 2. The van der Waals surface area contributed by atoms with Crippen molar-refractivity contribution in [3.05, 3.63) is 45.3 Å². The molecular weight excluding hydrogens is 218 g/mol. The summed E-state index contributed by atoms with van der Waals surface area (Å²) in [7, 11) is 0. The molecule has 0 atom stereocenters. The summed E-state index contributed by atoms with van der Waals surface area (Å²) in [6, 6.07) is 0.744. The second kappa shape index (κ2) is 4.42. The van der Waals surface area contributed by atoms with Gasteiger partial charge in [-0.15, -0.1) is 6.58 Å². The average molecular weight is 230 g/mol. The van der Waals surface area contributed by atoms with Crippen LogP contribution in [-0.2, 0) is 12.5 Å². The molecule has 0 spiro atoms. The van der Waals surface area contributed by atoms with Crippen LogP contribution in [0.4, 0.5) is 8.78 Å². The van der Waals surface area contributed by atoms with Crippen molar-refractivity contribution in [1.82, 2.24) is 9.55 Å². The number of alkyl halides is 2. The van der Waals surface area contributed by atoms with Crippen molar-refractivity contribution in [2.24, 2.45) is 0 Å². The summed E-state index contributed by atoms with van der Waals surface area (Å²) >= 11 is 0. The Kier molecular flexibility index (Phi) is 3.41. The van der Waals surface area contributed by atoms with E-state index in [9.17, 15) is 18.4 Å². The van der Waals surface area contributed by atoms with Crippen LogP contribution in [0.25, 0.3) is 0 Å². The van der Waals surface area contributed by atoms with E-state index in [4.69, 9.17) is 0 Å². The average Bonchev–Trinajstić information content (AvgIpc) is 2.17. The van der Waals surface area contributed by atoms with Gasteiger partial charge in [0, 0.05) is 19.0 Å². The molecular formula is C10H12F2N2O2. The number of nitrogens with one attached hydrogen (secondary N) is 1. The van der Waals surface area contributed by atoms with Crippen LogP contribution in [0.1, 0.15) is 19.0 Å². The van der Waals surface area contributed by atoms with Crippen LogP contribution in [0.15, 0.2) is 28.3 Å². The minimum atomic E-state index is -3.27. The molecule has 0 aliphatic rings. The maximum Gasteiger partial charge on any atom is 0.328 e. The van der Waals surface area contributed by atoms with E-state index in [0.29, 0.717) is 0 Å². The van der Waals surface area contributed by atoms with Crippen molar-refractivity contribution in [2.75, 3.05) is 0 Å². The van der Waals surface area contributed by atoms with Crippen LogP contribution in [0.2, 0.25) is 0 Å². The minimum absolute atomic E-state index is 0.140. The fraction of sp³-hybridized carbons (Fsp3) is 0.400. The molecule has 1 aromatic rings. The van der Waals surface area contributed by atoms with Gasteiger partial charge in [0.25, 0.3) is 11.5 Å². The van der Waals surface area contributed by atoms with Crippen LogP contribution < -0.4 is 11.2 Å². The molecule has 1 N–H and O–H groups in total. The molecule has 4 nitrogen and oxygen atoms in total. The number of nitrogens with zero attached hydrogens (tertiary/aromatic N) is 1. The van der Waals surface area contributed by atoms with E-state index in [0.717, 1.165) is 16.7 Å². The van der Waals surface area contributed by atoms with E-state index >= 15 is 0 Å². The molecule has 16 heavy (non-hydrogen) atoms. The Balaban J connectivity index is 3.34. The van der Waals surface area contributed by atoms with Gasteiger partial charge in [0.2, 0.25) is 0 Å². The number of allylic oxidation sites excluding steroid dienone is 1. The molecule has 88 valence electrons. The second-order valence-electron chi connectivity index (χ2n) is 3.27. The molecule has 0 aromatic carbocycles. The summed E-state index contributed by atoms with van der Waals surface area (Å²) in [6.45, 7) is 4.92. The zero-order valence-corrected chi connectivity index (χ0v) is 8.80. The second-order valence-corrected chi connectivity index (χ2v) is 3.27. The first kappa shape index (κ1) is 12.4. The van der Waals surface area contributed by atoms with Gasteiger partial charge in [0.15, 0.2) is 0 Å². The highest BCUT2D eigenvalue weighted by atomic mass is 19.3. The third-order valence-electron chi connectivity index (χ3n) is 2.13. The highest BCUT2D eigenvalue weighted by Gasteiger charge is 2.31. The minimum Gasteiger partial charge on any atom is -0.305 e. The molecule has 0 bridgehead atoms. The molecule has 1 aromatic heterocycles. The Hall–Kier alpha value is -1.72. The van der Waals surface area contributed by atoms with Crippen LogP contribution in [0, 0.1) is 0 Å². The van der Waals surface area contributed by atoms with Gasteiger partial charge in [-0.3, -0.25) is 9.36 Å². The first-order valence-electron chi connectivity index (χ1n) is 4.75. The van der Waals surface area contributed by atoms with E-state index in [1.54, 1.807) is 6.92 Å². The Morgan fingerprint density at radius 1 is 1.56 bits per heavy atom. The first-order chi connectivity index (χ1) is 7.42. The highest BCUT2D eigenvalue weighted by molar-refractivity contribution is 5.08. The van der Waals surface area contributed by atoms with Crippen LogP contribution in [0.5, 0.6) is 0 Å². The zero-order chi connectivity index (χ0) is 12.3. The van der Waals surface area contributed by atoms with Gasteiger partial charge < -0.3 is 4.98 Å². The van der Waals surface area contributed by atoms with Crippen molar-refractivity contribution in [3.8, 4) is 0 Å². The smallest absolute Gasteiger partial charge is 0.305 e. The lowest BCUT2D eigenvalue weighted by Crippen LogP contribution is -2.37. The Morgan fingerprint density at radius 2 is 2.19 bits per heavy atom. The number of aromatic amines is 1. The summed E-state index contributed by atoms with van der Waals surface area (Å²) in [5.74, 6) is -3.27. The standard InChI is InChI=1S/C10H12F2N2O2/c1-3-5-10(11,12)7-6-8(15)14(4-2)9(16)13-7/h3,6H,1,4-5H2,2H3,(H,13,16). The molecule has 0 amide bonds. The summed E-state index contributed by atoms with van der Waals surface area (Å²) in [5.41, 5.74) is -2.23. The molecule has 0 unspecified atom stereocenters. The Labute approximate surface area is 90.2 Å². The predicted molar refractivity (Wildman–Crippen MR) is 55.7 cm³/mol. The molecule has 6 heteroatoms. The van der Waals surface area contributed by atoms with E-state index in [2.05, 4.69) is 6.58 Å². The van der Waals surface area contributed by atoms with Crippen molar-refractivity contribution >= 4 is 0 Å². The largest absolute Gasteiger partial charge is 0.328 e. The number of H-pyrrole nitrogens is 1. The van der Waals surface area contributed by atoms with E-state index < -0.39 is 29.3 Å². The summed E-state index contributed by atoms with van der Waals surface area (Å²) < 4.78 is 27.6. The fourth-order valence-corrected chi connectivity index (χ4v) is 1.31. The lowest BCUT2D eigenvalue weighted by molar-refractivity contribution is -0.00610. The van der Waals surface area contributed by atoms with Crippen molar-refractivity contribution < 1.29 is 8.78 Å². The Bertz CT molecular complexity index is 471. The molecule has 0 aliphatic carbocycles. The SMILES string of the molecule is C=CCC(F)(F)c1cc(=O)n(CC)c(=O)[nH]1. The summed E-state index contributed by atoms with van der Waals surface area (Å²) in [4.78, 5) is 24.6. The number of hydrogen-bond acceptors (Lipinski definition) is 2. The van der Waals surface area contributed by atoms with Crippen LogP contribution in [-0.4, -0.2) is 9.55 Å². The van der Waals surface area contributed by atoms with Gasteiger partial charge >= 0.3 is 5.69 Å². The van der Waals surface area contributed by atoms with Gasteiger partial charge in [-0.2, -0.15) is 8.78 Å². The maximum atomic E-state index is 13.4. The third-order valence-corrected chi connectivity index (χ3v) is 2.13. The maximum absolute atomic E-state index is 13.4. The molecule has 0 aliphatic heterocycles. The third kappa shape index (κ3) is 2.26. The van der Waals surface area contributed by atoms with Gasteiger partial charge in [0.1, 0.15) is 0 Å². The zero-order valence-electron chi connectivity index (χ0n) is 8.80. The first-order valence-corrected chi connectivity index (χ1v) is 4.75.